The molecule has 140 valence electrons. The number of anilines is 2. The summed E-state index contributed by atoms with van der Waals surface area (Å²) in [5.41, 5.74) is 1.71. The van der Waals surface area contributed by atoms with Gasteiger partial charge in [0.2, 0.25) is 10.0 Å². The van der Waals surface area contributed by atoms with Gasteiger partial charge >= 0.3 is 0 Å². The highest BCUT2D eigenvalue weighted by atomic mass is 79.9. The Balaban J connectivity index is 1.75. The van der Waals surface area contributed by atoms with E-state index in [-0.39, 0.29) is 5.56 Å². The van der Waals surface area contributed by atoms with Gasteiger partial charge in [-0.1, -0.05) is 28.1 Å². The summed E-state index contributed by atoms with van der Waals surface area (Å²) in [5.74, 6) is -1.22. The Morgan fingerprint density at radius 1 is 1.19 bits per heavy atom. The zero-order valence-electron chi connectivity index (χ0n) is 13.9. The molecule has 0 saturated carbocycles. The number of halogens is 2. The molecule has 6 nitrogen and oxygen atoms in total. The molecule has 2 N–H and O–H groups in total. The van der Waals surface area contributed by atoms with E-state index in [0.29, 0.717) is 21.0 Å². The van der Waals surface area contributed by atoms with Crippen molar-refractivity contribution in [2.75, 3.05) is 16.3 Å². The van der Waals surface area contributed by atoms with E-state index in [1.165, 1.54) is 29.5 Å². The van der Waals surface area contributed by atoms with Gasteiger partial charge in [-0.25, -0.2) is 17.8 Å². The second-order valence-electron chi connectivity index (χ2n) is 5.57. The number of nitrogens with one attached hydrogen (secondary N) is 2. The van der Waals surface area contributed by atoms with Gasteiger partial charge in [0, 0.05) is 21.1 Å². The van der Waals surface area contributed by atoms with E-state index in [1.807, 2.05) is 0 Å². The van der Waals surface area contributed by atoms with Crippen molar-refractivity contribution in [3.63, 3.8) is 0 Å². The molecule has 0 aliphatic carbocycles. The summed E-state index contributed by atoms with van der Waals surface area (Å²) in [4.78, 5) is 16.6. The third-order valence-electron chi connectivity index (χ3n) is 3.38. The third-order valence-corrected chi connectivity index (χ3v) is 5.24. The van der Waals surface area contributed by atoms with Gasteiger partial charge in [0.15, 0.2) is 5.13 Å². The molecule has 0 atom stereocenters. The highest BCUT2D eigenvalue weighted by Gasteiger charge is 2.14. The molecule has 0 fully saturated rings. The van der Waals surface area contributed by atoms with Gasteiger partial charge in [-0.05, 0) is 30.3 Å². The number of rotatable bonds is 5. The second kappa shape index (κ2) is 7.75. The Morgan fingerprint density at radius 3 is 2.56 bits per heavy atom. The van der Waals surface area contributed by atoms with Crippen LogP contribution >= 0.6 is 27.3 Å². The maximum atomic E-state index is 13.8. The van der Waals surface area contributed by atoms with Crippen LogP contribution in [-0.4, -0.2) is 25.6 Å². The number of hydrogen-bond donors (Lipinski definition) is 2. The van der Waals surface area contributed by atoms with Crippen LogP contribution in [0.15, 0.2) is 52.3 Å². The molecule has 0 saturated heterocycles. The lowest BCUT2D eigenvalue weighted by Gasteiger charge is -2.05. The molecular formula is C17H13BrFN3O3S2. The van der Waals surface area contributed by atoms with Gasteiger partial charge in [0.1, 0.15) is 5.82 Å². The molecule has 27 heavy (non-hydrogen) atoms. The molecule has 10 heteroatoms. The fourth-order valence-corrected chi connectivity index (χ4v) is 3.86. The summed E-state index contributed by atoms with van der Waals surface area (Å²) >= 11 is 4.41. The summed E-state index contributed by atoms with van der Waals surface area (Å²) in [6.45, 7) is 0. The zero-order chi connectivity index (χ0) is 19.6. The summed E-state index contributed by atoms with van der Waals surface area (Å²) in [6, 6.07) is 10.8. The molecule has 0 spiro atoms. The van der Waals surface area contributed by atoms with Crippen LogP contribution in [0.3, 0.4) is 0 Å². The van der Waals surface area contributed by atoms with E-state index in [9.17, 15) is 17.6 Å². The Bertz CT molecular complexity index is 1100. The lowest BCUT2D eigenvalue weighted by molar-refractivity contribution is 0.102. The van der Waals surface area contributed by atoms with Crippen molar-refractivity contribution in [1.82, 2.24) is 4.98 Å². The minimum absolute atomic E-state index is 0.0858. The normalized spacial score (nSPS) is 11.2. The number of benzene rings is 2. The summed E-state index contributed by atoms with van der Waals surface area (Å²) in [5, 5.41) is 4.64. The predicted octanol–water partition coefficient (Wildman–Crippen LogP) is 4.34. The molecular weight excluding hydrogens is 457 g/mol. The van der Waals surface area contributed by atoms with Crippen molar-refractivity contribution in [3.05, 3.63) is 63.7 Å². The third kappa shape index (κ3) is 5.12. The average molecular weight is 470 g/mol. The minimum Gasteiger partial charge on any atom is -0.298 e. The van der Waals surface area contributed by atoms with E-state index >= 15 is 0 Å². The minimum atomic E-state index is -3.34. The van der Waals surface area contributed by atoms with Crippen LogP contribution in [0.25, 0.3) is 11.3 Å². The number of carbonyl (C=O) groups is 1. The summed E-state index contributed by atoms with van der Waals surface area (Å²) in [7, 11) is -3.34. The van der Waals surface area contributed by atoms with Crippen LogP contribution in [0, 0.1) is 5.82 Å². The van der Waals surface area contributed by atoms with Crippen LogP contribution in [-0.2, 0) is 10.0 Å². The Labute approximate surface area is 167 Å². The molecule has 2 aromatic carbocycles. The summed E-state index contributed by atoms with van der Waals surface area (Å²) < 4.78 is 39.2. The SMILES string of the molecule is CS(=O)(=O)Nc1ccc(-c2csc(NC(=O)c3cc(Br)ccc3F)n2)cc1. The van der Waals surface area contributed by atoms with Crippen LogP contribution in [0.4, 0.5) is 15.2 Å². The number of hydrogen-bond acceptors (Lipinski definition) is 5. The van der Waals surface area contributed by atoms with E-state index in [4.69, 9.17) is 0 Å². The predicted molar refractivity (Wildman–Crippen MR) is 108 cm³/mol. The molecule has 3 rings (SSSR count). The van der Waals surface area contributed by atoms with E-state index < -0.39 is 21.7 Å². The molecule has 0 unspecified atom stereocenters. The second-order valence-corrected chi connectivity index (χ2v) is 9.09. The number of carbonyl (C=O) groups excluding carboxylic acids is 1. The Hall–Kier alpha value is -2.30. The molecule has 0 aliphatic rings. The van der Waals surface area contributed by atoms with Gasteiger partial charge in [-0.15, -0.1) is 11.3 Å². The van der Waals surface area contributed by atoms with Crippen molar-refractivity contribution in [1.29, 1.82) is 0 Å². The number of amides is 1. The largest absolute Gasteiger partial charge is 0.298 e. The van der Waals surface area contributed by atoms with Gasteiger partial charge in [0.05, 0.1) is 17.5 Å². The monoisotopic (exact) mass is 469 g/mol. The fourth-order valence-electron chi connectivity index (χ4n) is 2.22. The van der Waals surface area contributed by atoms with Gasteiger partial charge in [-0.2, -0.15) is 0 Å². The smallest absolute Gasteiger partial charge is 0.260 e. The van der Waals surface area contributed by atoms with Crippen molar-refractivity contribution < 1.29 is 17.6 Å². The first-order chi connectivity index (χ1) is 12.7. The van der Waals surface area contributed by atoms with Crippen molar-refractivity contribution in [3.8, 4) is 11.3 Å². The molecule has 1 aromatic heterocycles. The highest BCUT2D eigenvalue weighted by molar-refractivity contribution is 9.10. The number of thiazole rings is 1. The quantitative estimate of drug-likeness (QED) is 0.581. The first kappa shape index (κ1) is 19.5. The topological polar surface area (TPSA) is 88.2 Å². The van der Waals surface area contributed by atoms with Crippen molar-refractivity contribution in [2.45, 2.75) is 0 Å². The standard InChI is InChI=1S/C17H13BrFN3O3S2/c1-27(24,25)22-12-5-2-10(3-6-12)15-9-26-17(20-15)21-16(23)13-8-11(18)4-7-14(13)19/h2-9,22H,1H3,(H,20,21,23). The molecule has 1 heterocycles. The van der Waals surface area contributed by atoms with Gasteiger partial charge in [-0.3, -0.25) is 14.8 Å². The summed E-state index contributed by atoms with van der Waals surface area (Å²) in [6.07, 6.45) is 1.07. The van der Waals surface area contributed by atoms with Crippen molar-refractivity contribution >= 4 is 54.0 Å². The Kier molecular flexibility index (Phi) is 5.59. The van der Waals surface area contributed by atoms with E-state index in [1.54, 1.807) is 29.6 Å². The number of sulfonamides is 1. The maximum Gasteiger partial charge on any atom is 0.260 e. The first-order valence-electron chi connectivity index (χ1n) is 7.51. The van der Waals surface area contributed by atoms with Crippen LogP contribution in [0.2, 0.25) is 0 Å². The zero-order valence-corrected chi connectivity index (χ0v) is 17.1. The highest BCUT2D eigenvalue weighted by Crippen LogP contribution is 2.27. The first-order valence-corrected chi connectivity index (χ1v) is 11.1. The Morgan fingerprint density at radius 2 is 1.89 bits per heavy atom. The average Bonchev–Trinajstić information content (AvgIpc) is 3.04. The van der Waals surface area contributed by atoms with Crippen LogP contribution in [0.1, 0.15) is 10.4 Å². The lowest BCUT2D eigenvalue weighted by atomic mass is 10.1. The molecule has 3 aromatic rings. The van der Waals surface area contributed by atoms with E-state index in [2.05, 4.69) is 31.0 Å². The molecule has 0 radical (unpaired) electrons. The van der Waals surface area contributed by atoms with Crippen LogP contribution < -0.4 is 10.0 Å². The van der Waals surface area contributed by atoms with Gasteiger partial charge in [0.25, 0.3) is 5.91 Å². The van der Waals surface area contributed by atoms with Gasteiger partial charge < -0.3 is 0 Å². The lowest BCUT2D eigenvalue weighted by Crippen LogP contribution is -2.13. The van der Waals surface area contributed by atoms with Crippen molar-refractivity contribution in [2.24, 2.45) is 0 Å². The fraction of sp³-hybridized carbons (Fsp3) is 0.0588. The number of nitrogens with zero attached hydrogens (tertiary/aromatic N) is 1. The number of aromatic nitrogens is 1. The molecule has 0 bridgehead atoms. The molecule has 1 amide bonds. The van der Waals surface area contributed by atoms with Crippen LogP contribution in [0.5, 0.6) is 0 Å². The molecule has 0 aliphatic heterocycles. The van der Waals surface area contributed by atoms with E-state index in [0.717, 1.165) is 11.8 Å². The maximum absolute atomic E-state index is 13.8.